The second kappa shape index (κ2) is 13.0. The zero-order chi connectivity index (χ0) is 24.5. The molecule has 0 atom stereocenters. The molecule has 31 heavy (non-hydrogen) atoms. The summed E-state index contributed by atoms with van der Waals surface area (Å²) < 4.78 is 18.5. The number of nitrogens with zero attached hydrogens (tertiary/aromatic N) is 1. The Hall–Kier alpha value is -0.0425. The van der Waals surface area contributed by atoms with Gasteiger partial charge in [0.15, 0.2) is 33.3 Å². The number of carbonyl (C=O) groups excluding carboxylic acids is 1. The molecule has 0 aromatic carbocycles. The van der Waals surface area contributed by atoms with Crippen molar-refractivity contribution >= 4 is 39.2 Å². The van der Waals surface area contributed by atoms with E-state index in [4.69, 9.17) is 13.0 Å². The average Bonchev–Trinajstić information content (AvgIpc) is 2.54. The highest BCUT2D eigenvalue weighted by Crippen LogP contribution is 2.28. The Morgan fingerprint density at radius 1 is 0.774 bits per heavy atom. The molecule has 0 N–H and O–H groups in total. The fourth-order valence-corrected chi connectivity index (χ4v) is 23.6. The SMILES string of the molecule is C=C(C)C(=O)OCCN(C)CCCC[Si](C)(C)O[Si](C)(C)CC[Si](C)(C)O[Si](C)(C)C. The molecule has 0 aliphatic rings. The highest BCUT2D eigenvalue weighted by atomic mass is 28.4. The molecule has 0 saturated heterocycles. The van der Waals surface area contributed by atoms with Crippen LogP contribution in [0.15, 0.2) is 12.2 Å². The smallest absolute Gasteiger partial charge is 0.333 e. The Morgan fingerprint density at radius 3 is 1.74 bits per heavy atom. The first kappa shape index (κ1) is 31.0. The lowest BCUT2D eigenvalue weighted by atomic mass is 10.3. The van der Waals surface area contributed by atoms with Crippen LogP contribution in [0.2, 0.25) is 77.1 Å². The van der Waals surface area contributed by atoms with Gasteiger partial charge in [0.2, 0.25) is 0 Å². The predicted molar refractivity (Wildman–Crippen MR) is 145 cm³/mol. The van der Waals surface area contributed by atoms with E-state index in [-0.39, 0.29) is 5.97 Å². The van der Waals surface area contributed by atoms with Gasteiger partial charge in [0, 0.05) is 12.1 Å². The van der Waals surface area contributed by atoms with Crippen LogP contribution in [-0.4, -0.2) is 70.9 Å². The fourth-order valence-electron chi connectivity index (χ4n) is 3.79. The predicted octanol–water partition coefficient (Wildman–Crippen LogP) is 6.30. The fraction of sp³-hybridized carbons (Fsp3) is 0.864. The minimum atomic E-state index is -1.68. The Morgan fingerprint density at radius 2 is 1.26 bits per heavy atom. The van der Waals surface area contributed by atoms with Gasteiger partial charge in [-0.25, -0.2) is 4.79 Å². The molecule has 0 aromatic heterocycles. The highest BCUT2D eigenvalue weighted by Gasteiger charge is 2.36. The van der Waals surface area contributed by atoms with Crippen molar-refractivity contribution in [3.63, 3.8) is 0 Å². The van der Waals surface area contributed by atoms with E-state index in [1.807, 2.05) is 0 Å². The molecule has 0 aliphatic heterocycles. The van der Waals surface area contributed by atoms with Crippen molar-refractivity contribution in [2.75, 3.05) is 26.7 Å². The summed E-state index contributed by atoms with van der Waals surface area (Å²) in [7, 11) is -4.33. The number of likely N-dealkylation sites (N-methyl/N-ethyl adjacent to an activating group) is 1. The van der Waals surface area contributed by atoms with Gasteiger partial charge in [-0.2, -0.15) is 0 Å². The van der Waals surface area contributed by atoms with Crippen molar-refractivity contribution in [2.45, 2.75) is 96.8 Å². The Kier molecular flexibility index (Phi) is 13.0. The Balaban J connectivity index is 4.27. The summed E-state index contributed by atoms with van der Waals surface area (Å²) in [4.78, 5) is 13.6. The van der Waals surface area contributed by atoms with E-state index < -0.39 is 33.3 Å². The van der Waals surface area contributed by atoms with Gasteiger partial charge >= 0.3 is 5.97 Å². The van der Waals surface area contributed by atoms with Crippen molar-refractivity contribution in [1.29, 1.82) is 0 Å². The first-order valence-corrected chi connectivity index (χ1v) is 24.5. The van der Waals surface area contributed by atoms with E-state index in [9.17, 15) is 4.79 Å². The topological polar surface area (TPSA) is 48.0 Å². The van der Waals surface area contributed by atoms with Gasteiger partial charge in [0.1, 0.15) is 6.61 Å². The van der Waals surface area contributed by atoms with Crippen molar-refractivity contribution in [3.05, 3.63) is 12.2 Å². The van der Waals surface area contributed by atoms with Crippen LogP contribution in [0.4, 0.5) is 0 Å². The van der Waals surface area contributed by atoms with E-state index in [1.165, 1.54) is 24.6 Å². The Labute approximate surface area is 197 Å². The molecule has 0 heterocycles. The van der Waals surface area contributed by atoms with Crippen molar-refractivity contribution in [3.8, 4) is 0 Å². The van der Waals surface area contributed by atoms with Gasteiger partial charge in [0.25, 0.3) is 0 Å². The molecule has 0 unspecified atom stereocenters. The average molecular weight is 506 g/mol. The molecule has 0 bridgehead atoms. The lowest BCUT2D eigenvalue weighted by Crippen LogP contribution is -2.47. The van der Waals surface area contributed by atoms with Crippen molar-refractivity contribution < 1.29 is 17.8 Å². The largest absolute Gasteiger partial charge is 0.461 e. The third-order valence-corrected chi connectivity index (χ3v) is 19.1. The molecule has 9 heteroatoms. The number of unbranched alkanes of at least 4 members (excludes halogenated alkanes) is 1. The highest BCUT2D eigenvalue weighted by molar-refractivity contribution is 6.87. The van der Waals surface area contributed by atoms with Gasteiger partial charge in [0.05, 0.1) is 0 Å². The van der Waals surface area contributed by atoms with Crippen molar-refractivity contribution in [1.82, 2.24) is 4.90 Å². The van der Waals surface area contributed by atoms with Gasteiger partial charge in [-0.15, -0.1) is 0 Å². The maximum atomic E-state index is 11.4. The number of hydrogen-bond acceptors (Lipinski definition) is 5. The second-order valence-corrected chi connectivity index (χ2v) is 29.7. The standard InChI is InChI=1S/C22H51NO4Si4/c1-21(2)22(24)25-17-16-23(3)15-13-14-18-29(7,8)27-31(11,12)20-19-30(9,10)26-28(4,5)6/h1,13-20H2,2-12H3. The van der Waals surface area contributed by atoms with Crippen LogP contribution in [0.5, 0.6) is 0 Å². The number of rotatable bonds is 16. The van der Waals surface area contributed by atoms with E-state index in [0.717, 1.165) is 19.5 Å². The molecule has 0 aromatic rings. The second-order valence-electron chi connectivity index (χ2n) is 11.8. The first-order valence-electron chi connectivity index (χ1n) is 11.8. The summed E-state index contributed by atoms with van der Waals surface area (Å²) in [5.74, 6) is -0.303. The van der Waals surface area contributed by atoms with Crippen LogP contribution in [-0.2, 0) is 17.8 Å². The number of hydrogen-bond donors (Lipinski definition) is 0. The lowest BCUT2D eigenvalue weighted by Gasteiger charge is -2.37. The summed E-state index contributed by atoms with van der Waals surface area (Å²) >= 11 is 0. The third-order valence-electron chi connectivity index (χ3n) is 5.09. The molecule has 0 aliphatic carbocycles. The monoisotopic (exact) mass is 505 g/mol. The van der Waals surface area contributed by atoms with Crippen LogP contribution < -0.4 is 0 Å². The summed E-state index contributed by atoms with van der Waals surface area (Å²) in [6, 6.07) is 3.62. The van der Waals surface area contributed by atoms with E-state index >= 15 is 0 Å². The summed E-state index contributed by atoms with van der Waals surface area (Å²) in [5, 5.41) is 0. The van der Waals surface area contributed by atoms with Gasteiger partial charge in [-0.3, -0.25) is 0 Å². The molecule has 0 fully saturated rings. The van der Waals surface area contributed by atoms with Crippen LogP contribution in [0, 0.1) is 0 Å². The number of carbonyl (C=O) groups is 1. The van der Waals surface area contributed by atoms with Gasteiger partial charge in [-0.1, -0.05) is 13.0 Å². The van der Waals surface area contributed by atoms with Crippen LogP contribution in [0.3, 0.4) is 0 Å². The maximum absolute atomic E-state index is 11.4. The summed E-state index contributed by atoms with van der Waals surface area (Å²) in [6.45, 7) is 28.6. The summed E-state index contributed by atoms with van der Waals surface area (Å²) in [6.07, 6.45) is 2.34. The molecule has 0 saturated carbocycles. The van der Waals surface area contributed by atoms with Gasteiger partial charge in [-0.05, 0) is 104 Å². The molecule has 5 nitrogen and oxygen atoms in total. The molecular formula is C22H51NO4Si4. The van der Waals surface area contributed by atoms with Crippen LogP contribution >= 0.6 is 0 Å². The number of esters is 1. The van der Waals surface area contributed by atoms with Gasteiger partial charge < -0.3 is 17.9 Å². The first-order chi connectivity index (χ1) is 13.8. The quantitative estimate of drug-likeness (QED) is 0.107. The molecular weight excluding hydrogens is 455 g/mol. The minimum absolute atomic E-state index is 0.303. The molecule has 184 valence electrons. The number of ether oxygens (including phenoxy) is 1. The van der Waals surface area contributed by atoms with E-state index in [1.54, 1.807) is 6.92 Å². The van der Waals surface area contributed by atoms with Crippen LogP contribution in [0.25, 0.3) is 0 Å². The zero-order valence-electron chi connectivity index (χ0n) is 22.4. The Bertz CT molecular complexity index is 574. The van der Waals surface area contributed by atoms with E-state index in [0.29, 0.717) is 12.2 Å². The minimum Gasteiger partial charge on any atom is -0.461 e. The normalized spacial score (nSPS) is 13.5. The lowest BCUT2D eigenvalue weighted by molar-refractivity contribution is -0.139. The molecule has 0 rings (SSSR count). The third kappa shape index (κ3) is 17.1. The van der Waals surface area contributed by atoms with Crippen LogP contribution in [0.1, 0.15) is 19.8 Å². The molecule has 0 spiro atoms. The van der Waals surface area contributed by atoms with Crippen molar-refractivity contribution in [2.24, 2.45) is 0 Å². The molecule has 0 radical (unpaired) electrons. The zero-order valence-corrected chi connectivity index (χ0v) is 26.4. The van der Waals surface area contributed by atoms with E-state index in [2.05, 4.69) is 77.4 Å². The maximum Gasteiger partial charge on any atom is 0.333 e. The molecule has 0 amide bonds. The summed E-state index contributed by atoms with van der Waals surface area (Å²) in [5.41, 5.74) is 0.454.